The van der Waals surface area contributed by atoms with Crippen molar-refractivity contribution in [2.45, 2.75) is 200 Å². The van der Waals surface area contributed by atoms with Crippen LogP contribution in [0.2, 0.25) is 0 Å². The lowest BCUT2D eigenvalue weighted by molar-refractivity contribution is -0.385. The summed E-state index contributed by atoms with van der Waals surface area (Å²) in [6.45, 7) is 41.2. The number of hydrazine groups is 2. The SMILES string of the molecule is C/C=C(\CC)B1OC(C)(C)C(C)(C)O1.C/C=C(\CC)c1ccccc1[N+](=O)[O-].CC.CC.CC.CC.CCC(CC)c1ccccc1N.CCC(CC)c1ccccc1NC(=S)NN.NN.O=[N+]([O-])c1ccccc1Br.S=C(Cl)Cl. The fraction of sp³-hybridized carbons (Fsp3) is 0.500. The molecule has 14 nitrogen and oxygen atoms in total. The van der Waals surface area contributed by atoms with Crippen LogP contribution < -0.4 is 34.0 Å². The minimum absolute atomic E-state index is 0.0556. The third kappa shape index (κ3) is 35.5. The highest BCUT2D eigenvalue weighted by Crippen LogP contribution is 2.39. The molecular formula is C60H102BBrCl2N8O6S2. The molecular weight excluding hydrogens is 1150 g/mol. The number of allylic oxidation sites excluding steroid dienone is 4. The Morgan fingerprint density at radius 3 is 1.38 bits per heavy atom. The lowest BCUT2D eigenvalue weighted by atomic mass is 9.76. The molecule has 5 rings (SSSR count). The van der Waals surface area contributed by atoms with Gasteiger partial charge in [-0.2, -0.15) is 0 Å². The van der Waals surface area contributed by atoms with E-state index < -0.39 is 4.92 Å². The zero-order valence-corrected chi connectivity index (χ0v) is 56.7. The summed E-state index contributed by atoms with van der Waals surface area (Å²) in [5.41, 5.74) is 15.7. The highest BCUT2D eigenvalue weighted by atomic mass is 79.9. The summed E-state index contributed by atoms with van der Waals surface area (Å²) in [7, 11) is -0.157. The average molecular weight is 1260 g/mol. The fourth-order valence-corrected chi connectivity index (χ4v) is 7.56. The number of hydrogen-bond acceptors (Lipinski definition) is 12. The minimum atomic E-state index is -0.427. The molecule has 0 saturated carbocycles. The van der Waals surface area contributed by atoms with E-state index in [4.69, 9.17) is 56.3 Å². The number of nitrogens with two attached hydrogens (primary N) is 4. The summed E-state index contributed by atoms with van der Waals surface area (Å²) in [6, 6.07) is 29.6. The van der Waals surface area contributed by atoms with Crippen LogP contribution in [0, 0.1) is 20.2 Å². The first-order valence-electron chi connectivity index (χ1n) is 27.7. The maximum Gasteiger partial charge on any atom is 0.490 e. The molecule has 0 spiro atoms. The van der Waals surface area contributed by atoms with Gasteiger partial charge >= 0.3 is 7.12 Å². The third-order valence-electron chi connectivity index (χ3n) is 11.7. The monoisotopic (exact) mass is 1250 g/mol. The normalized spacial score (nSPS) is 12.0. The zero-order chi connectivity index (χ0) is 63.6. The van der Waals surface area contributed by atoms with Crippen molar-refractivity contribution in [2.24, 2.45) is 17.5 Å². The number of nitrogens with zero attached hydrogens (tertiary/aromatic N) is 2. The van der Waals surface area contributed by atoms with Crippen molar-refractivity contribution >= 4 is 108 Å². The summed E-state index contributed by atoms with van der Waals surface area (Å²) in [4.78, 5) is 20.2. The molecule has 1 heterocycles. The lowest BCUT2D eigenvalue weighted by Crippen LogP contribution is -2.41. The van der Waals surface area contributed by atoms with Crippen molar-refractivity contribution in [1.29, 1.82) is 0 Å². The van der Waals surface area contributed by atoms with Crippen LogP contribution in [-0.4, -0.2) is 37.1 Å². The van der Waals surface area contributed by atoms with Crippen LogP contribution in [0.3, 0.4) is 0 Å². The van der Waals surface area contributed by atoms with E-state index in [-0.39, 0.29) is 38.4 Å². The predicted molar refractivity (Wildman–Crippen MR) is 364 cm³/mol. The number of nitro benzene ring substituents is 2. The maximum absolute atomic E-state index is 10.7. The number of nitrogen functional groups attached to an aromatic ring is 1. The number of thiocarbonyl (C=S) groups is 2. The van der Waals surface area contributed by atoms with E-state index >= 15 is 0 Å². The second kappa shape index (κ2) is 53.9. The van der Waals surface area contributed by atoms with Gasteiger partial charge in [0, 0.05) is 23.5 Å². The van der Waals surface area contributed by atoms with Crippen LogP contribution in [0.15, 0.2) is 119 Å². The van der Waals surface area contributed by atoms with Crippen molar-refractivity contribution in [1.82, 2.24) is 5.43 Å². The van der Waals surface area contributed by atoms with Gasteiger partial charge in [0.1, 0.15) is 0 Å². The van der Waals surface area contributed by atoms with E-state index in [1.165, 1.54) is 41.6 Å². The molecule has 0 aliphatic carbocycles. The van der Waals surface area contributed by atoms with Gasteiger partial charge in [-0.25, -0.2) is 5.84 Å². The van der Waals surface area contributed by atoms with Crippen molar-refractivity contribution < 1.29 is 19.2 Å². The molecule has 1 saturated heterocycles. The molecule has 1 aliphatic heterocycles. The largest absolute Gasteiger partial charge is 0.490 e. The van der Waals surface area contributed by atoms with Gasteiger partial charge in [-0.05, 0) is 166 Å². The minimum Gasteiger partial charge on any atom is -0.400 e. The first kappa shape index (κ1) is 86.9. The third-order valence-corrected chi connectivity index (χ3v) is 12.6. The summed E-state index contributed by atoms with van der Waals surface area (Å²) >= 11 is 21.7. The Balaban J connectivity index is -0.000000203. The molecule has 1 fully saturated rings. The van der Waals surface area contributed by atoms with Crippen LogP contribution in [0.25, 0.3) is 5.57 Å². The quantitative estimate of drug-likeness (QED) is 0.0139. The lowest BCUT2D eigenvalue weighted by Gasteiger charge is -2.32. The number of anilines is 2. The van der Waals surface area contributed by atoms with Crippen LogP contribution in [0.1, 0.15) is 206 Å². The molecule has 10 N–H and O–H groups in total. The molecule has 1 aliphatic rings. The topological polar surface area (TPSA) is 233 Å². The molecule has 0 radical (unpaired) electrons. The Morgan fingerprint density at radius 1 is 0.650 bits per heavy atom. The van der Waals surface area contributed by atoms with E-state index in [1.807, 2.05) is 113 Å². The highest BCUT2D eigenvalue weighted by Gasteiger charge is 2.51. The standard InChI is InChI=1S/C12H19N3S.C11H21BO2.C11H13NO2.C11H17N.C6H4BrNO2.4C2H6.CCl2S.H4N2/c1-3-9(4-2)10-7-5-6-8-11(10)14-12(16)15-13;1-7-9(8-2)12-13-10(3,4)11(5,6)14-12;1-3-9(4-2)10-7-5-6-8-11(10)12(13)14;1-3-9(4-2)10-7-5-6-8-11(10)12;7-5-3-1-2-4-6(5)8(9)10;4*1-2;2-1(3)4;1-2/h5-9H,3-4,13H2,1-2H3,(H2,14,15,16);7H,8H2,1-6H3;3,5-8H,4H2,1-2H3;5-9H,3-4,12H2,1-2H3;1-4H;4*1-2H3;;1-2H2/b;9-7+;9-3+;;;;;;;;. The zero-order valence-electron chi connectivity index (χ0n) is 52.0. The van der Waals surface area contributed by atoms with Gasteiger partial charge in [-0.15, -0.1) is 0 Å². The molecule has 80 heavy (non-hydrogen) atoms. The summed E-state index contributed by atoms with van der Waals surface area (Å²) in [6.07, 6.45) is 10.4. The van der Waals surface area contributed by atoms with Crippen LogP contribution in [0.5, 0.6) is 0 Å². The number of halogens is 3. The van der Waals surface area contributed by atoms with Crippen LogP contribution >= 0.6 is 63.6 Å². The molecule has 0 bridgehead atoms. The molecule has 0 atom stereocenters. The number of hydrogen-bond donors (Lipinski definition) is 6. The first-order chi connectivity index (χ1) is 38.0. The van der Waals surface area contributed by atoms with Crippen molar-refractivity contribution in [3.05, 3.63) is 156 Å². The van der Waals surface area contributed by atoms with Gasteiger partial charge in [0.25, 0.3) is 11.4 Å². The molecule has 4 aromatic rings. The second-order valence-corrected chi connectivity index (χ2v) is 19.6. The number of nitrogens with one attached hydrogen (secondary N) is 2. The second-order valence-electron chi connectivity index (χ2n) is 16.5. The van der Waals surface area contributed by atoms with Gasteiger partial charge in [0.2, 0.25) is 0 Å². The predicted octanol–water partition coefficient (Wildman–Crippen LogP) is 19.3. The highest BCUT2D eigenvalue weighted by molar-refractivity contribution is 9.10. The molecule has 0 unspecified atom stereocenters. The van der Waals surface area contributed by atoms with Gasteiger partial charge in [-0.1, -0.05) is 205 Å². The van der Waals surface area contributed by atoms with Crippen LogP contribution in [-0.2, 0) is 9.31 Å². The van der Waals surface area contributed by atoms with E-state index in [2.05, 4.69) is 143 Å². The van der Waals surface area contributed by atoms with Gasteiger partial charge < -0.3 is 25.8 Å². The summed E-state index contributed by atoms with van der Waals surface area (Å²) in [5, 5.41) is 24.5. The van der Waals surface area contributed by atoms with Crippen molar-refractivity contribution in [2.75, 3.05) is 11.1 Å². The van der Waals surface area contributed by atoms with E-state index in [9.17, 15) is 20.2 Å². The summed E-state index contributed by atoms with van der Waals surface area (Å²) < 4.78 is 12.3. The Labute approximate surface area is 513 Å². The summed E-state index contributed by atoms with van der Waals surface area (Å²) in [5.74, 6) is 14.4. The van der Waals surface area contributed by atoms with Crippen molar-refractivity contribution in [3.8, 4) is 0 Å². The smallest absolute Gasteiger partial charge is 0.400 e. The number of benzene rings is 4. The molecule has 0 amide bonds. The number of nitro groups is 2. The van der Waals surface area contributed by atoms with E-state index in [0.29, 0.717) is 21.4 Å². The molecule has 20 heteroatoms. The molecule has 4 aromatic carbocycles. The van der Waals surface area contributed by atoms with Gasteiger partial charge in [0.05, 0.1) is 31.1 Å². The Kier molecular flexibility index (Phi) is 58.6. The average Bonchev–Trinajstić information content (AvgIpc) is 3.69. The Morgan fingerprint density at radius 2 is 1.02 bits per heavy atom. The number of para-hydroxylation sites is 4. The Bertz CT molecular complexity index is 2290. The van der Waals surface area contributed by atoms with E-state index in [1.54, 1.807) is 30.3 Å². The molecule has 454 valence electrons. The Hall–Kier alpha value is -4.34. The first-order valence-corrected chi connectivity index (χ1v) is 30.0. The van der Waals surface area contributed by atoms with Crippen molar-refractivity contribution in [3.63, 3.8) is 0 Å². The van der Waals surface area contributed by atoms with Crippen LogP contribution in [0.4, 0.5) is 22.7 Å². The molecule has 0 aromatic heterocycles. The number of rotatable bonds is 13. The van der Waals surface area contributed by atoms with Gasteiger partial charge in [-0.3, -0.25) is 31.9 Å². The van der Waals surface area contributed by atoms with E-state index in [0.717, 1.165) is 48.2 Å². The van der Waals surface area contributed by atoms with Gasteiger partial charge in [0.15, 0.2) is 8.90 Å². The fourth-order valence-electron chi connectivity index (χ4n) is 7.02. The maximum atomic E-state index is 10.7.